The van der Waals surface area contributed by atoms with Gasteiger partial charge in [-0.25, -0.2) is 9.97 Å². The van der Waals surface area contributed by atoms with Gasteiger partial charge in [-0.1, -0.05) is 11.6 Å². The number of halogens is 4. The van der Waals surface area contributed by atoms with E-state index in [9.17, 15) is 13.2 Å². The summed E-state index contributed by atoms with van der Waals surface area (Å²) in [6.45, 7) is 0. The lowest BCUT2D eigenvalue weighted by atomic mass is 10.2. The number of alkyl halides is 3. The summed E-state index contributed by atoms with van der Waals surface area (Å²) in [6.07, 6.45) is -1.76. The first-order valence-corrected chi connectivity index (χ1v) is 5.45. The van der Waals surface area contributed by atoms with E-state index in [0.717, 1.165) is 12.1 Å². The molecule has 8 heteroatoms. The van der Waals surface area contributed by atoms with Gasteiger partial charge < -0.3 is 11.1 Å². The second kappa shape index (κ2) is 4.93. The molecule has 1 aromatic heterocycles. The van der Waals surface area contributed by atoms with Crippen LogP contribution in [-0.2, 0) is 6.18 Å². The second-order valence-corrected chi connectivity index (χ2v) is 4.05. The quantitative estimate of drug-likeness (QED) is 0.888. The molecule has 0 spiro atoms. The Bertz CT molecular complexity index is 583. The third kappa shape index (κ3) is 3.25. The van der Waals surface area contributed by atoms with Crippen LogP contribution >= 0.6 is 11.6 Å². The summed E-state index contributed by atoms with van der Waals surface area (Å²) in [5, 5.41) is 2.69. The van der Waals surface area contributed by atoms with E-state index < -0.39 is 11.7 Å². The van der Waals surface area contributed by atoms with Crippen molar-refractivity contribution >= 4 is 28.9 Å². The molecule has 0 radical (unpaired) electrons. The number of anilines is 3. The number of nitrogens with two attached hydrogens (primary N) is 1. The van der Waals surface area contributed by atoms with Gasteiger partial charge in [-0.05, 0) is 18.2 Å². The lowest BCUT2D eigenvalue weighted by molar-refractivity contribution is -0.137. The van der Waals surface area contributed by atoms with Crippen molar-refractivity contribution < 1.29 is 13.2 Å². The van der Waals surface area contributed by atoms with Gasteiger partial charge in [0.1, 0.15) is 11.6 Å². The maximum absolute atomic E-state index is 12.5. The van der Waals surface area contributed by atoms with Gasteiger partial charge in [-0.15, -0.1) is 0 Å². The molecule has 100 valence electrons. The fraction of sp³-hybridized carbons (Fsp3) is 0.0909. The standard InChI is InChI=1S/C11H8ClF3N4/c12-7-3-6(11(13,14)15)1-2-8(7)19-10-5-17-9(16)4-18-10/h1-5H,(H2,16,17)(H,18,19). The highest BCUT2D eigenvalue weighted by molar-refractivity contribution is 6.33. The molecule has 0 saturated carbocycles. The van der Waals surface area contributed by atoms with Crippen LogP contribution in [0.4, 0.5) is 30.5 Å². The molecule has 0 bridgehead atoms. The number of benzene rings is 1. The molecular weight excluding hydrogens is 281 g/mol. The monoisotopic (exact) mass is 288 g/mol. The molecule has 0 fully saturated rings. The zero-order chi connectivity index (χ0) is 14.0. The van der Waals surface area contributed by atoms with E-state index in [4.69, 9.17) is 17.3 Å². The molecule has 19 heavy (non-hydrogen) atoms. The van der Waals surface area contributed by atoms with Crippen molar-refractivity contribution in [3.05, 3.63) is 41.2 Å². The SMILES string of the molecule is Nc1cnc(Nc2ccc(C(F)(F)F)cc2Cl)cn1. The van der Waals surface area contributed by atoms with E-state index >= 15 is 0 Å². The number of hydrogen-bond acceptors (Lipinski definition) is 4. The summed E-state index contributed by atoms with van der Waals surface area (Å²) in [7, 11) is 0. The zero-order valence-corrected chi connectivity index (χ0v) is 10.1. The maximum atomic E-state index is 12.5. The van der Waals surface area contributed by atoms with Crippen LogP contribution in [0.2, 0.25) is 5.02 Å². The van der Waals surface area contributed by atoms with Gasteiger partial charge in [-0.3, -0.25) is 0 Å². The Balaban J connectivity index is 2.24. The van der Waals surface area contributed by atoms with E-state index in [1.165, 1.54) is 18.5 Å². The van der Waals surface area contributed by atoms with Crippen molar-refractivity contribution in [2.24, 2.45) is 0 Å². The van der Waals surface area contributed by atoms with Gasteiger partial charge >= 0.3 is 6.18 Å². The molecule has 3 N–H and O–H groups in total. The minimum Gasteiger partial charge on any atom is -0.382 e. The van der Waals surface area contributed by atoms with Crippen molar-refractivity contribution in [2.45, 2.75) is 6.18 Å². The Morgan fingerprint density at radius 2 is 1.89 bits per heavy atom. The third-order valence-corrected chi connectivity index (χ3v) is 2.54. The molecule has 0 aliphatic rings. The molecule has 0 aliphatic heterocycles. The molecule has 2 aromatic rings. The average Bonchev–Trinajstić information content (AvgIpc) is 2.33. The maximum Gasteiger partial charge on any atom is 0.416 e. The highest BCUT2D eigenvalue weighted by Gasteiger charge is 2.30. The Hall–Kier alpha value is -2.02. The molecule has 0 saturated heterocycles. The van der Waals surface area contributed by atoms with Crippen LogP contribution in [0.5, 0.6) is 0 Å². The average molecular weight is 289 g/mol. The molecule has 0 atom stereocenters. The summed E-state index contributed by atoms with van der Waals surface area (Å²) in [4.78, 5) is 7.70. The van der Waals surface area contributed by atoms with Crippen LogP contribution < -0.4 is 11.1 Å². The molecule has 1 heterocycles. The Morgan fingerprint density at radius 3 is 2.42 bits per heavy atom. The predicted molar refractivity (Wildman–Crippen MR) is 66.2 cm³/mol. The summed E-state index contributed by atoms with van der Waals surface area (Å²) in [5.74, 6) is 0.569. The minimum absolute atomic E-state index is 0.0616. The van der Waals surface area contributed by atoms with E-state index in [2.05, 4.69) is 15.3 Å². The van der Waals surface area contributed by atoms with Crippen molar-refractivity contribution in [1.82, 2.24) is 9.97 Å². The Kier molecular flexibility index (Phi) is 3.48. The first-order valence-electron chi connectivity index (χ1n) is 5.07. The molecular formula is C11H8ClF3N4. The highest BCUT2D eigenvalue weighted by Crippen LogP contribution is 2.34. The number of nitrogen functional groups attached to an aromatic ring is 1. The Labute approximate surface area is 111 Å². The van der Waals surface area contributed by atoms with Crippen molar-refractivity contribution in [3.8, 4) is 0 Å². The minimum atomic E-state index is -4.43. The van der Waals surface area contributed by atoms with E-state index in [0.29, 0.717) is 11.5 Å². The van der Waals surface area contributed by atoms with E-state index in [1.54, 1.807) is 0 Å². The normalized spacial score (nSPS) is 11.4. The van der Waals surface area contributed by atoms with Crippen LogP contribution in [0.1, 0.15) is 5.56 Å². The molecule has 0 aliphatic carbocycles. The fourth-order valence-electron chi connectivity index (χ4n) is 1.33. The topological polar surface area (TPSA) is 63.8 Å². The van der Waals surface area contributed by atoms with E-state index in [1.807, 2.05) is 0 Å². The fourth-order valence-corrected chi connectivity index (χ4v) is 1.56. The Morgan fingerprint density at radius 1 is 1.16 bits per heavy atom. The molecule has 0 unspecified atom stereocenters. The van der Waals surface area contributed by atoms with Gasteiger partial charge in [0.2, 0.25) is 0 Å². The van der Waals surface area contributed by atoms with Crippen molar-refractivity contribution in [3.63, 3.8) is 0 Å². The summed E-state index contributed by atoms with van der Waals surface area (Å²) < 4.78 is 37.4. The zero-order valence-electron chi connectivity index (χ0n) is 9.37. The van der Waals surface area contributed by atoms with Crippen molar-refractivity contribution in [1.29, 1.82) is 0 Å². The molecule has 0 amide bonds. The first kappa shape index (κ1) is 13.4. The summed E-state index contributed by atoms with van der Waals surface area (Å²) in [5.41, 5.74) is 4.85. The summed E-state index contributed by atoms with van der Waals surface area (Å²) in [6, 6.07) is 3.00. The number of nitrogens with zero attached hydrogens (tertiary/aromatic N) is 2. The first-order chi connectivity index (χ1) is 8.86. The molecule has 2 rings (SSSR count). The van der Waals surface area contributed by atoms with Gasteiger partial charge in [0, 0.05) is 0 Å². The number of hydrogen-bond donors (Lipinski definition) is 2. The largest absolute Gasteiger partial charge is 0.416 e. The van der Waals surface area contributed by atoms with Crippen LogP contribution in [-0.4, -0.2) is 9.97 Å². The van der Waals surface area contributed by atoms with Gasteiger partial charge in [-0.2, -0.15) is 13.2 Å². The van der Waals surface area contributed by atoms with E-state index in [-0.39, 0.29) is 10.8 Å². The summed E-state index contributed by atoms with van der Waals surface area (Å²) >= 11 is 5.78. The second-order valence-electron chi connectivity index (χ2n) is 3.64. The van der Waals surface area contributed by atoms with Crippen LogP contribution in [0.15, 0.2) is 30.6 Å². The van der Waals surface area contributed by atoms with Gasteiger partial charge in [0.15, 0.2) is 0 Å². The van der Waals surface area contributed by atoms with Crippen LogP contribution in [0.25, 0.3) is 0 Å². The molecule has 4 nitrogen and oxygen atoms in total. The molecule has 1 aromatic carbocycles. The smallest absolute Gasteiger partial charge is 0.382 e. The number of nitrogens with one attached hydrogen (secondary N) is 1. The third-order valence-electron chi connectivity index (χ3n) is 2.23. The van der Waals surface area contributed by atoms with Gasteiger partial charge in [0.25, 0.3) is 0 Å². The lowest BCUT2D eigenvalue weighted by Gasteiger charge is -2.11. The number of aromatic nitrogens is 2. The number of rotatable bonds is 2. The van der Waals surface area contributed by atoms with Crippen LogP contribution in [0.3, 0.4) is 0 Å². The van der Waals surface area contributed by atoms with Crippen molar-refractivity contribution in [2.75, 3.05) is 11.1 Å². The lowest BCUT2D eigenvalue weighted by Crippen LogP contribution is -2.05. The highest BCUT2D eigenvalue weighted by atomic mass is 35.5. The van der Waals surface area contributed by atoms with Crippen LogP contribution in [0, 0.1) is 0 Å². The predicted octanol–water partition coefficient (Wildman–Crippen LogP) is 3.47. The van der Waals surface area contributed by atoms with Gasteiger partial charge in [0.05, 0.1) is 28.7 Å².